The second-order valence-corrected chi connectivity index (χ2v) is 3.64. The van der Waals surface area contributed by atoms with Crippen LogP contribution in [0.5, 0.6) is 0 Å². The predicted octanol–water partition coefficient (Wildman–Crippen LogP) is 1.26. The molecule has 1 heterocycles. The molecule has 0 aliphatic rings. The van der Waals surface area contributed by atoms with Gasteiger partial charge in [0.15, 0.2) is 0 Å². The number of benzene rings is 1. The van der Waals surface area contributed by atoms with Crippen LogP contribution in [0.25, 0.3) is 0 Å². The van der Waals surface area contributed by atoms with Crippen LogP contribution in [0.15, 0.2) is 42.7 Å². The molecule has 4 nitrogen and oxygen atoms in total. The average Bonchev–Trinajstić information content (AvgIpc) is 2.79. The van der Waals surface area contributed by atoms with Crippen LogP contribution in [0.3, 0.4) is 0 Å². The van der Waals surface area contributed by atoms with E-state index < -0.39 is 0 Å². The summed E-state index contributed by atoms with van der Waals surface area (Å²) in [6.07, 6.45) is 3.74. The number of nitrogens with one attached hydrogen (secondary N) is 1. The van der Waals surface area contributed by atoms with Gasteiger partial charge in [0.1, 0.15) is 0 Å². The Morgan fingerprint density at radius 1 is 1.25 bits per heavy atom. The lowest BCUT2D eigenvalue weighted by molar-refractivity contribution is 0.555. The van der Waals surface area contributed by atoms with Crippen molar-refractivity contribution in [1.29, 1.82) is 0 Å². The summed E-state index contributed by atoms with van der Waals surface area (Å²) < 4.78 is 1.90. The highest BCUT2D eigenvalue weighted by atomic mass is 15.3. The third kappa shape index (κ3) is 2.84. The highest BCUT2D eigenvalue weighted by molar-refractivity contribution is 5.46. The number of hydrogen-bond acceptors (Lipinski definition) is 3. The first-order valence-electron chi connectivity index (χ1n) is 5.38. The van der Waals surface area contributed by atoms with Gasteiger partial charge < -0.3 is 11.1 Å². The van der Waals surface area contributed by atoms with E-state index in [9.17, 15) is 0 Å². The molecule has 3 N–H and O–H groups in total. The number of hydrogen-bond donors (Lipinski definition) is 2. The lowest BCUT2D eigenvalue weighted by Crippen LogP contribution is -2.20. The fourth-order valence-corrected chi connectivity index (χ4v) is 1.54. The maximum absolute atomic E-state index is 5.84. The number of anilines is 1. The topological polar surface area (TPSA) is 55.9 Å². The van der Waals surface area contributed by atoms with Gasteiger partial charge in [-0.05, 0) is 17.7 Å². The SMILES string of the molecule is Nc1ccccc1CNCCn1cccn1. The summed E-state index contributed by atoms with van der Waals surface area (Å²) in [6.45, 7) is 2.56. The molecule has 1 aromatic heterocycles. The van der Waals surface area contributed by atoms with Gasteiger partial charge in [-0.1, -0.05) is 18.2 Å². The predicted molar refractivity (Wildman–Crippen MR) is 64.8 cm³/mol. The molecule has 0 unspecified atom stereocenters. The smallest absolute Gasteiger partial charge is 0.0534 e. The maximum Gasteiger partial charge on any atom is 0.0534 e. The lowest BCUT2D eigenvalue weighted by Gasteiger charge is -2.07. The zero-order valence-corrected chi connectivity index (χ0v) is 9.13. The highest BCUT2D eigenvalue weighted by Gasteiger charge is 1.96. The number of nitrogens with two attached hydrogens (primary N) is 1. The minimum atomic E-state index is 0.800. The van der Waals surface area contributed by atoms with E-state index in [0.717, 1.165) is 30.9 Å². The van der Waals surface area contributed by atoms with E-state index in [4.69, 9.17) is 5.73 Å². The van der Waals surface area contributed by atoms with E-state index in [1.807, 2.05) is 41.2 Å². The van der Waals surface area contributed by atoms with Gasteiger partial charge in [-0.2, -0.15) is 5.10 Å². The summed E-state index contributed by atoms with van der Waals surface area (Å²) in [5.41, 5.74) is 7.82. The van der Waals surface area contributed by atoms with Crippen molar-refractivity contribution in [2.24, 2.45) is 0 Å². The first kappa shape index (κ1) is 10.7. The van der Waals surface area contributed by atoms with Crippen molar-refractivity contribution in [3.05, 3.63) is 48.3 Å². The molecule has 1 aromatic carbocycles. The molecule has 2 rings (SSSR count). The summed E-state index contributed by atoms with van der Waals surface area (Å²) in [5, 5.41) is 7.47. The number of aromatic nitrogens is 2. The molecule has 84 valence electrons. The number of para-hydroxylation sites is 1. The molecule has 0 atom stereocenters. The Morgan fingerprint density at radius 2 is 2.12 bits per heavy atom. The van der Waals surface area contributed by atoms with E-state index in [2.05, 4.69) is 10.4 Å². The van der Waals surface area contributed by atoms with E-state index >= 15 is 0 Å². The number of nitrogens with zero attached hydrogens (tertiary/aromatic N) is 2. The fourth-order valence-electron chi connectivity index (χ4n) is 1.54. The summed E-state index contributed by atoms with van der Waals surface area (Å²) in [5.74, 6) is 0. The standard InChI is InChI=1S/C12H16N4/c13-12-5-2-1-4-11(12)10-14-7-9-16-8-3-6-15-16/h1-6,8,14H,7,9-10,13H2. The monoisotopic (exact) mass is 216 g/mol. The molecule has 0 radical (unpaired) electrons. The van der Waals surface area contributed by atoms with Crippen LogP contribution >= 0.6 is 0 Å². The van der Waals surface area contributed by atoms with Gasteiger partial charge in [0.05, 0.1) is 6.54 Å². The van der Waals surface area contributed by atoms with Crippen molar-refractivity contribution in [3.8, 4) is 0 Å². The van der Waals surface area contributed by atoms with Crippen molar-refractivity contribution in [3.63, 3.8) is 0 Å². The largest absolute Gasteiger partial charge is 0.398 e. The first-order valence-corrected chi connectivity index (χ1v) is 5.38. The number of nitrogen functional groups attached to an aromatic ring is 1. The minimum absolute atomic E-state index is 0.800. The Labute approximate surface area is 95.1 Å². The quantitative estimate of drug-likeness (QED) is 0.584. The molecule has 0 aliphatic heterocycles. The summed E-state index contributed by atoms with van der Waals surface area (Å²) in [6, 6.07) is 9.83. The second kappa shape index (κ2) is 5.32. The van der Waals surface area contributed by atoms with Gasteiger partial charge >= 0.3 is 0 Å². The van der Waals surface area contributed by atoms with Crippen LogP contribution < -0.4 is 11.1 Å². The minimum Gasteiger partial charge on any atom is -0.398 e. The summed E-state index contributed by atoms with van der Waals surface area (Å²) in [4.78, 5) is 0. The van der Waals surface area contributed by atoms with Crippen molar-refractivity contribution >= 4 is 5.69 Å². The molecule has 0 aliphatic carbocycles. The third-order valence-corrected chi connectivity index (χ3v) is 2.45. The summed E-state index contributed by atoms with van der Waals surface area (Å²) >= 11 is 0. The molecule has 0 saturated carbocycles. The third-order valence-electron chi connectivity index (χ3n) is 2.45. The Morgan fingerprint density at radius 3 is 2.88 bits per heavy atom. The first-order chi connectivity index (χ1) is 7.86. The zero-order chi connectivity index (χ0) is 11.2. The van der Waals surface area contributed by atoms with Crippen LogP contribution in [0.1, 0.15) is 5.56 Å². The Kier molecular flexibility index (Phi) is 3.56. The van der Waals surface area contributed by atoms with Gasteiger partial charge in [0.2, 0.25) is 0 Å². The van der Waals surface area contributed by atoms with Gasteiger partial charge in [-0.15, -0.1) is 0 Å². The van der Waals surface area contributed by atoms with Crippen molar-refractivity contribution in [2.75, 3.05) is 12.3 Å². The average molecular weight is 216 g/mol. The van der Waals surface area contributed by atoms with Crippen LogP contribution in [-0.2, 0) is 13.1 Å². The normalized spacial score (nSPS) is 10.5. The van der Waals surface area contributed by atoms with Crippen LogP contribution in [0.4, 0.5) is 5.69 Å². The Hall–Kier alpha value is -1.81. The molecule has 16 heavy (non-hydrogen) atoms. The molecule has 0 bridgehead atoms. The van der Waals surface area contributed by atoms with E-state index in [-0.39, 0.29) is 0 Å². The highest BCUT2D eigenvalue weighted by Crippen LogP contribution is 2.09. The van der Waals surface area contributed by atoms with Crippen LogP contribution in [0, 0.1) is 0 Å². The molecule has 0 fully saturated rings. The van der Waals surface area contributed by atoms with E-state index in [1.165, 1.54) is 0 Å². The van der Waals surface area contributed by atoms with Gasteiger partial charge in [0.25, 0.3) is 0 Å². The van der Waals surface area contributed by atoms with Crippen LogP contribution in [0.2, 0.25) is 0 Å². The van der Waals surface area contributed by atoms with Crippen molar-refractivity contribution < 1.29 is 0 Å². The molecule has 0 spiro atoms. The van der Waals surface area contributed by atoms with E-state index in [0.29, 0.717) is 0 Å². The Balaban J connectivity index is 1.74. The number of rotatable bonds is 5. The molecular formula is C12H16N4. The molecular weight excluding hydrogens is 200 g/mol. The summed E-state index contributed by atoms with van der Waals surface area (Å²) in [7, 11) is 0. The van der Waals surface area contributed by atoms with Gasteiger partial charge in [0, 0.05) is 31.2 Å². The molecule has 0 saturated heterocycles. The van der Waals surface area contributed by atoms with Gasteiger partial charge in [-0.25, -0.2) is 0 Å². The van der Waals surface area contributed by atoms with Crippen molar-refractivity contribution in [2.45, 2.75) is 13.1 Å². The fraction of sp³-hybridized carbons (Fsp3) is 0.250. The molecule has 0 amide bonds. The maximum atomic E-state index is 5.84. The van der Waals surface area contributed by atoms with Crippen LogP contribution in [-0.4, -0.2) is 16.3 Å². The van der Waals surface area contributed by atoms with Crippen molar-refractivity contribution in [1.82, 2.24) is 15.1 Å². The Bertz CT molecular complexity index is 422. The molecule has 2 aromatic rings. The lowest BCUT2D eigenvalue weighted by atomic mass is 10.2. The zero-order valence-electron chi connectivity index (χ0n) is 9.13. The van der Waals surface area contributed by atoms with Gasteiger partial charge in [-0.3, -0.25) is 4.68 Å². The molecule has 4 heteroatoms. The second-order valence-electron chi connectivity index (χ2n) is 3.64. The van der Waals surface area contributed by atoms with E-state index in [1.54, 1.807) is 6.20 Å².